The van der Waals surface area contributed by atoms with Crippen molar-refractivity contribution in [3.05, 3.63) is 29.6 Å². The number of halogens is 2. The summed E-state index contributed by atoms with van der Waals surface area (Å²) in [5.41, 5.74) is 0.681. The molecule has 0 spiro atoms. The number of hydrogen-bond donors (Lipinski definition) is 2. The lowest BCUT2D eigenvalue weighted by molar-refractivity contribution is -0.0372. The number of hydrogen-bond acceptors (Lipinski definition) is 3. The molecule has 1 aromatic heterocycles. The quantitative estimate of drug-likeness (QED) is 0.865. The molecule has 1 aromatic carbocycles. The Kier molecular flexibility index (Phi) is 3.07. The first kappa shape index (κ1) is 11.3. The molecule has 1 heterocycles. The van der Waals surface area contributed by atoms with Crippen molar-refractivity contribution in [2.75, 3.05) is 18.5 Å². The second-order valence-electron chi connectivity index (χ2n) is 3.51. The predicted molar refractivity (Wildman–Crippen MR) is 62.3 cm³/mol. The van der Waals surface area contributed by atoms with Gasteiger partial charge in [-0.1, -0.05) is 12.1 Å². The van der Waals surface area contributed by atoms with Crippen LogP contribution in [-0.4, -0.2) is 24.2 Å². The molecular weight excluding hydrogens is 232 g/mol. The minimum atomic E-state index is -3.08. The number of alkyl halides is 2. The lowest BCUT2D eigenvalue weighted by atomic mass is 10.2. The van der Waals surface area contributed by atoms with Crippen molar-refractivity contribution in [1.29, 1.82) is 0 Å². The fourth-order valence-electron chi connectivity index (χ4n) is 1.41. The number of nitrogens with one attached hydrogen (secondary N) is 1. The smallest absolute Gasteiger partial charge is 0.287 e. The van der Waals surface area contributed by atoms with Crippen molar-refractivity contribution in [3.8, 4) is 0 Å². The van der Waals surface area contributed by atoms with Crippen LogP contribution in [0.15, 0.2) is 29.6 Å². The summed E-state index contributed by atoms with van der Waals surface area (Å²) < 4.78 is 26.7. The highest BCUT2D eigenvalue weighted by Crippen LogP contribution is 2.29. The zero-order chi connectivity index (χ0) is 11.6. The number of benzene rings is 1. The van der Waals surface area contributed by atoms with Crippen molar-refractivity contribution < 1.29 is 13.9 Å². The van der Waals surface area contributed by atoms with Crippen molar-refractivity contribution in [2.45, 2.75) is 5.92 Å². The van der Waals surface area contributed by atoms with E-state index in [1.807, 2.05) is 23.6 Å². The number of thiophene rings is 1. The van der Waals surface area contributed by atoms with Crippen LogP contribution in [0, 0.1) is 0 Å². The van der Waals surface area contributed by atoms with Crippen LogP contribution in [0.2, 0.25) is 0 Å². The molecule has 0 saturated carbocycles. The molecule has 0 fully saturated rings. The van der Waals surface area contributed by atoms with Crippen LogP contribution in [0.5, 0.6) is 0 Å². The zero-order valence-electron chi connectivity index (χ0n) is 8.41. The third kappa shape index (κ3) is 2.31. The Hall–Kier alpha value is -1.20. The first-order chi connectivity index (χ1) is 7.62. The monoisotopic (exact) mass is 243 g/mol. The molecule has 5 heteroatoms. The molecule has 0 saturated heterocycles. The van der Waals surface area contributed by atoms with Gasteiger partial charge in [0.2, 0.25) is 0 Å². The summed E-state index contributed by atoms with van der Waals surface area (Å²) in [7, 11) is 0. The Bertz CT molecular complexity index is 484. The highest BCUT2D eigenvalue weighted by molar-refractivity contribution is 7.17. The molecule has 0 unspecified atom stereocenters. The Balaban J connectivity index is 2.18. The topological polar surface area (TPSA) is 32.3 Å². The SMILES string of the molecule is OCC(F)(F)CNc1cccc2ccsc12. The number of fused-ring (bicyclic) bond motifs is 1. The average Bonchev–Trinajstić information content (AvgIpc) is 2.75. The van der Waals surface area contributed by atoms with Gasteiger partial charge in [-0.05, 0) is 22.9 Å². The number of rotatable bonds is 4. The molecular formula is C11H11F2NOS. The Morgan fingerprint density at radius 3 is 2.88 bits per heavy atom. The molecule has 2 rings (SSSR count). The van der Waals surface area contributed by atoms with Crippen LogP contribution >= 0.6 is 11.3 Å². The molecule has 0 radical (unpaired) electrons. The van der Waals surface area contributed by atoms with Crippen LogP contribution in [0.1, 0.15) is 0 Å². The van der Waals surface area contributed by atoms with E-state index in [4.69, 9.17) is 5.11 Å². The molecule has 0 atom stereocenters. The van der Waals surface area contributed by atoms with Crippen molar-refractivity contribution in [3.63, 3.8) is 0 Å². The maximum atomic E-state index is 12.9. The standard InChI is InChI=1S/C11H11F2NOS/c12-11(13,7-15)6-14-9-3-1-2-8-4-5-16-10(8)9/h1-5,14-15H,6-7H2. The van der Waals surface area contributed by atoms with Gasteiger partial charge < -0.3 is 10.4 Å². The minimum Gasteiger partial charge on any atom is -0.390 e. The van der Waals surface area contributed by atoms with Crippen molar-refractivity contribution >= 4 is 27.1 Å². The van der Waals surface area contributed by atoms with E-state index in [2.05, 4.69) is 5.32 Å². The van der Waals surface area contributed by atoms with Gasteiger partial charge in [-0.25, -0.2) is 8.78 Å². The summed E-state index contributed by atoms with van der Waals surface area (Å²) in [5, 5.41) is 14.1. The number of aliphatic hydroxyl groups excluding tert-OH is 1. The second-order valence-corrected chi connectivity index (χ2v) is 4.43. The Morgan fingerprint density at radius 1 is 1.31 bits per heavy atom. The van der Waals surface area contributed by atoms with E-state index in [9.17, 15) is 8.78 Å². The fourth-order valence-corrected chi connectivity index (χ4v) is 2.30. The molecule has 2 nitrogen and oxygen atoms in total. The van der Waals surface area contributed by atoms with Gasteiger partial charge in [-0.3, -0.25) is 0 Å². The second kappa shape index (κ2) is 4.35. The molecule has 0 bridgehead atoms. The van der Waals surface area contributed by atoms with Gasteiger partial charge in [0.15, 0.2) is 0 Å². The van der Waals surface area contributed by atoms with E-state index in [-0.39, 0.29) is 0 Å². The molecule has 2 N–H and O–H groups in total. The van der Waals surface area contributed by atoms with E-state index < -0.39 is 19.1 Å². The summed E-state index contributed by atoms with van der Waals surface area (Å²) in [6.45, 7) is -1.69. The highest BCUT2D eigenvalue weighted by Gasteiger charge is 2.27. The lowest BCUT2D eigenvalue weighted by Gasteiger charge is -2.15. The summed E-state index contributed by atoms with van der Waals surface area (Å²) in [6, 6.07) is 7.44. The van der Waals surface area contributed by atoms with E-state index in [1.54, 1.807) is 6.07 Å². The summed E-state index contributed by atoms with van der Waals surface area (Å²) >= 11 is 1.50. The third-order valence-electron chi connectivity index (χ3n) is 2.25. The van der Waals surface area contributed by atoms with Gasteiger partial charge in [0.25, 0.3) is 5.92 Å². The van der Waals surface area contributed by atoms with Gasteiger partial charge in [0, 0.05) is 0 Å². The van der Waals surface area contributed by atoms with Gasteiger partial charge in [0.05, 0.1) is 16.9 Å². The normalized spacial score (nSPS) is 11.9. The van der Waals surface area contributed by atoms with Gasteiger partial charge >= 0.3 is 0 Å². The van der Waals surface area contributed by atoms with Gasteiger partial charge in [0.1, 0.15) is 6.61 Å². The van der Waals surface area contributed by atoms with Gasteiger partial charge in [-0.2, -0.15) is 0 Å². The predicted octanol–water partition coefficient (Wildman–Crippen LogP) is 2.94. The van der Waals surface area contributed by atoms with Gasteiger partial charge in [-0.15, -0.1) is 11.3 Å². The minimum absolute atomic E-state index is 0.555. The summed E-state index contributed by atoms with van der Waals surface area (Å²) in [4.78, 5) is 0. The Labute approximate surface area is 95.5 Å². The molecule has 16 heavy (non-hydrogen) atoms. The molecule has 0 aliphatic heterocycles. The van der Waals surface area contributed by atoms with Crippen LogP contribution < -0.4 is 5.32 Å². The number of anilines is 1. The largest absolute Gasteiger partial charge is 0.390 e. The molecule has 86 valence electrons. The van der Waals surface area contributed by atoms with E-state index >= 15 is 0 Å². The lowest BCUT2D eigenvalue weighted by Crippen LogP contribution is -2.30. The molecule has 2 aromatic rings. The molecule has 0 amide bonds. The summed E-state index contributed by atoms with van der Waals surface area (Å²) in [5.74, 6) is -3.08. The summed E-state index contributed by atoms with van der Waals surface area (Å²) in [6.07, 6.45) is 0. The maximum absolute atomic E-state index is 12.9. The molecule has 0 aliphatic rings. The van der Waals surface area contributed by atoms with E-state index in [1.165, 1.54) is 11.3 Å². The van der Waals surface area contributed by atoms with E-state index in [0.29, 0.717) is 5.69 Å². The van der Waals surface area contributed by atoms with Crippen LogP contribution in [-0.2, 0) is 0 Å². The maximum Gasteiger partial charge on any atom is 0.287 e. The first-order valence-electron chi connectivity index (χ1n) is 4.81. The van der Waals surface area contributed by atoms with Crippen molar-refractivity contribution in [2.24, 2.45) is 0 Å². The number of aliphatic hydroxyl groups is 1. The molecule has 0 aliphatic carbocycles. The van der Waals surface area contributed by atoms with E-state index in [0.717, 1.165) is 10.1 Å². The fraction of sp³-hybridized carbons (Fsp3) is 0.273. The third-order valence-corrected chi connectivity index (χ3v) is 3.21. The Morgan fingerprint density at radius 2 is 2.12 bits per heavy atom. The van der Waals surface area contributed by atoms with Crippen molar-refractivity contribution in [1.82, 2.24) is 0 Å². The van der Waals surface area contributed by atoms with Crippen LogP contribution in [0.4, 0.5) is 14.5 Å². The van der Waals surface area contributed by atoms with Crippen LogP contribution in [0.3, 0.4) is 0 Å². The highest BCUT2D eigenvalue weighted by atomic mass is 32.1. The van der Waals surface area contributed by atoms with Crippen LogP contribution in [0.25, 0.3) is 10.1 Å². The average molecular weight is 243 g/mol. The first-order valence-corrected chi connectivity index (χ1v) is 5.69. The zero-order valence-corrected chi connectivity index (χ0v) is 9.23.